The van der Waals surface area contributed by atoms with Crippen LogP contribution < -0.4 is 5.32 Å². The number of amides is 1. The molecule has 0 saturated carbocycles. The van der Waals surface area contributed by atoms with E-state index >= 15 is 0 Å². The number of unbranched alkanes of at least 4 members (excludes halogenated alkanes) is 47. The van der Waals surface area contributed by atoms with Gasteiger partial charge in [0.05, 0.1) is 18.8 Å². The van der Waals surface area contributed by atoms with Crippen LogP contribution in [0.5, 0.6) is 0 Å². The summed E-state index contributed by atoms with van der Waals surface area (Å²) in [6, 6.07) is -0.813. The van der Waals surface area contributed by atoms with E-state index < -0.39 is 24.2 Å². The molecule has 398 valence electrons. The summed E-state index contributed by atoms with van der Waals surface area (Å²) in [6.07, 6.45) is 74.3. The molecule has 3 unspecified atom stereocenters. The molecular weight excluding hydrogens is 823 g/mol. The van der Waals surface area contributed by atoms with E-state index in [2.05, 4.69) is 31.3 Å². The second kappa shape index (κ2) is 57.4. The van der Waals surface area contributed by atoms with E-state index in [1.54, 1.807) is 6.08 Å². The van der Waals surface area contributed by atoms with E-state index in [1.165, 1.54) is 283 Å². The number of rotatable bonds is 57. The minimum absolute atomic E-state index is 0.372. The van der Waals surface area contributed by atoms with Gasteiger partial charge in [-0.25, -0.2) is 0 Å². The first-order chi connectivity index (χ1) is 33.1. The Kier molecular flexibility index (Phi) is 56.4. The normalized spacial score (nSPS) is 13.3. The number of carbonyl (C=O) groups excluding carboxylic acids is 1. The van der Waals surface area contributed by atoms with Crippen molar-refractivity contribution in [2.24, 2.45) is 0 Å². The summed E-state index contributed by atoms with van der Waals surface area (Å²) in [7, 11) is 0. The zero-order chi connectivity index (χ0) is 48.6. The van der Waals surface area contributed by atoms with Crippen LogP contribution in [-0.4, -0.2) is 46.1 Å². The van der Waals surface area contributed by atoms with Crippen LogP contribution in [0.3, 0.4) is 0 Å². The SMILES string of the molecule is CCCCCCCCCCCCCCCCCC/C=C/CC/C=C/C(O)C(CO)NC(=O)C(O)CCCCCCCCCCCCCCCCCCCCCCCCCCCCCCCCC. The monoisotopic (exact) mass is 944 g/mol. The number of hydrogen-bond donors (Lipinski definition) is 4. The van der Waals surface area contributed by atoms with Crippen LogP contribution in [0.15, 0.2) is 24.3 Å². The number of allylic oxidation sites excluding steroid dienone is 3. The van der Waals surface area contributed by atoms with Crippen molar-refractivity contribution in [3.8, 4) is 0 Å². The van der Waals surface area contributed by atoms with Gasteiger partial charge >= 0.3 is 0 Å². The Morgan fingerprint density at radius 1 is 0.358 bits per heavy atom. The maximum atomic E-state index is 12.6. The molecule has 0 spiro atoms. The van der Waals surface area contributed by atoms with Crippen LogP contribution in [0.2, 0.25) is 0 Å². The highest BCUT2D eigenvalue weighted by Gasteiger charge is 2.22. The van der Waals surface area contributed by atoms with Crippen LogP contribution >= 0.6 is 0 Å². The summed E-state index contributed by atoms with van der Waals surface area (Å²) < 4.78 is 0. The van der Waals surface area contributed by atoms with E-state index in [9.17, 15) is 20.1 Å². The zero-order valence-electron chi connectivity index (χ0n) is 45.6. The largest absolute Gasteiger partial charge is 0.394 e. The molecule has 0 rings (SSSR count). The fourth-order valence-corrected chi connectivity index (χ4v) is 9.79. The summed E-state index contributed by atoms with van der Waals surface area (Å²) in [5.74, 6) is -0.505. The predicted octanol–water partition coefficient (Wildman–Crippen LogP) is 19.2. The van der Waals surface area contributed by atoms with Crippen molar-refractivity contribution >= 4 is 5.91 Å². The van der Waals surface area contributed by atoms with Gasteiger partial charge in [-0.3, -0.25) is 4.79 Å². The number of aliphatic hydroxyl groups is 3. The first-order valence-corrected chi connectivity index (χ1v) is 30.7. The molecule has 0 aliphatic carbocycles. The van der Waals surface area contributed by atoms with Crippen molar-refractivity contribution < 1.29 is 20.1 Å². The van der Waals surface area contributed by atoms with Gasteiger partial charge in [-0.2, -0.15) is 0 Å². The highest BCUT2D eigenvalue weighted by molar-refractivity contribution is 5.80. The molecule has 0 saturated heterocycles. The maximum absolute atomic E-state index is 12.6. The lowest BCUT2D eigenvalue weighted by Crippen LogP contribution is -2.48. The van der Waals surface area contributed by atoms with Crippen molar-refractivity contribution in [2.45, 2.75) is 360 Å². The smallest absolute Gasteiger partial charge is 0.249 e. The van der Waals surface area contributed by atoms with Crippen molar-refractivity contribution in [3.05, 3.63) is 24.3 Å². The molecule has 67 heavy (non-hydrogen) atoms. The lowest BCUT2D eigenvalue weighted by Gasteiger charge is -2.21. The number of carbonyl (C=O) groups is 1. The van der Waals surface area contributed by atoms with Crippen LogP contribution in [-0.2, 0) is 4.79 Å². The van der Waals surface area contributed by atoms with Crippen LogP contribution in [0.4, 0.5) is 0 Å². The molecule has 0 aromatic heterocycles. The second-order valence-electron chi connectivity index (χ2n) is 21.3. The molecule has 0 aromatic carbocycles. The van der Waals surface area contributed by atoms with Gasteiger partial charge in [-0.15, -0.1) is 0 Å². The average Bonchev–Trinajstić information content (AvgIpc) is 3.33. The fraction of sp³-hybridized carbons (Fsp3) is 0.919. The van der Waals surface area contributed by atoms with E-state index in [0.29, 0.717) is 6.42 Å². The Morgan fingerprint density at radius 2 is 0.612 bits per heavy atom. The van der Waals surface area contributed by atoms with Gasteiger partial charge in [0, 0.05) is 0 Å². The van der Waals surface area contributed by atoms with Crippen LogP contribution in [0, 0.1) is 0 Å². The van der Waals surface area contributed by atoms with Gasteiger partial charge in [0.1, 0.15) is 6.10 Å². The lowest BCUT2D eigenvalue weighted by atomic mass is 10.0. The minimum atomic E-state index is -1.10. The number of nitrogens with one attached hydrogen (secondary N) is 1. The third kappa shape index (κ3) is 52.5. The molecule has 1 amide bonds. The Bertz CT molecular complexity index is 998. The van der Waals surface area contributed by atoms with Crippen molar-refractivity contribution in [1.82, 2.24) is 5.32 Å². The number of hydrogen-bond acceptors (Lipinski definition) is 4. The lowest BCUT2D eigenvalue weighted by molar-refractivity contribution is -0.131. The van der Waals surface area contributed by atoms with Crippen LogP contribution in [0.25, 0.3) is 0 Å². The molecule has 4 N–H and O–H groups in total. The van der Waals surface area contributed by atoms with Gasteiger partial charge in [0.25, 0.3) is 0 Å². The standard InChI is InChI=1S/C62H121NO4/c1-3-5-7-9-11-13-15-17-19-21-23-25-27-28-29-30-31-32-33-34-35-37-39-41-43-45-47-49-51-53-55-57-61(66)62(67)63-59(58-64)60(65)56-54-52-50-48-46-44-42-40-38-36-26-24-22-20-18-16-14-12-10-8-6-4-2/h46,48,54,56,59-61,64-66H,3-45,47,49-53,55,57-58H2,1-2H3,(H,63,67)/b48-46+,56-54+. The van der Waals surface area contributed by atoms with Gasteiger partial charge < -0.3 is 20.6 Å². The van der Waals surface area contributed by atoms with Crippen molar-refractivity contribution in [1.29, 1.82) is 0 Å². The molecule has 0 radical (unpaired) electrons. The second-order valence-corrected chi connectivity index (χ2v) is 21.3. The predicted molar refractivity (Wildman–Crippen MR) is 296 cm³/mol. The molecule has 3 atom stereocenters. The molecular formula is C62H121NO4. The van der Waals surface area contributed by atoms with E-state index in [-0.39, 0.29) is 6.61 Å². The molecule has 0 aliphatic heterocycles. The Hall–Kier alpha value is -1.17. The number of aliphatic hydroxyl groups excluding tert-OH is 3. The molecule has 5 nitrogen and oxygen atoms in total. The Balaban J connectivity index is 3.53. The topological polar surface area (TPSA) is 89.8 Å². The van der Waals surface area contributed by atoms with Crippen molar-refractivity contribution in [2.75, 3.05) is 6.61 Å². The first-order valence-electron chi connectivity index (χ1n) is 30.7. The fourth-order valence-electron chi connectivity index (χ4n) is 9.79. The minimum Gasteiger partial charge on any atom is -0.394 e. The van der Waals surface area contributed by atoms with Crippen LogP contribution in [0.1, 0.15) is 341 Å². The van der Waals surface area contributed by atoms with Gasteiger partial charge in [0.15, 0.2) is 0 Å². The van der Waals surface area contributed by atoms with E-state index in [0.717, 1.165) is 38.5 Å². The van der Waals surface area contributed by atoms with E-state index in [4.69, 9.17) is 0 Å². The molecule has 0 aliphatic rings. The highest BCUT2D eigenvalue weighted by Crippen LogP contribution is 2.18. The molecule has 0 aromatic rings. The van der Waals surface area contributed by atoms with Gasteiger partial charge in [-0.05, 0) is 32.1 Å². The quantitative estimate of drug-likeness (QED) is 0.0361. The summed E-state index contributed by atoms with van der Waals surface area (Å²) in [6.45, 7) is 4.22. The highest BCUT2D eigenvalue weighted by atomic mass is 16.3. The molecule has 5 heteroatoms. The molecule has 0 fully saturated rings. The molecule has 0 bridgehead atoms. The molecule has 0 heterocycles. The average molecular weight is 945 g/mol. The first kappa shape index (κ1) is 65.8. The maximum Gasteiger partial charge on any atom is 0.249 e. The third-order valence-corrected chi connectivity index (χ3v) is 14.5. The summed E-state index contributed by atoms with van der Waals surface area (Å²) in [5, 5.41) is 33.4. The van der Waals surface area contributed by atoms with Crippen molar-refractivity contribution in [3.63, 3.8) is 0 Å². The van der Waals surface area contributed by atoms with E-state index in [1.807, 2.05) is 6.08 Å². The Labute approximate surface area is 420 Å². The van der Waals surface area contributed by atoms with Gasteiger partial charge in [-0.1, -0.05) is 334 Å². The summed E-state index contributed by atoms with van der Waals surface area (Å²) in [4.78, 5) is 12.6. The summed E-state index contributed by atoms with van der Waals surface area (Å²) in [5.41, 5.74) is 0. The summed E-state index contributed by atoms with van der Waals surface area (Å²) >= 11 is 0. The van der Waals surface area contributed by atoms with Gasteiger partial charge in [0.2, 0.25) is 5.91 Å². The Morgan fingerprint density at radius 3 is 0.910 bits per heavy atom. The zero-order valence-corrected chi connectivity index (χ0v) is 45.6. The third-order valence-electron chi connectivity index (χ3n) is 14.5.